The Bertz CT molecular complexity index is 338. The Kier molecular flexibility index (Phi) is 4.41. The Morgan fingerprint density at radius 2 is 2.05 bits per heavy atom. The maximum absolute atomic E-state index is 11.3. The first-order chi connectivity index (χ1) is 9.53. The van der Waals surface area contributed by atoms with E-state index in [2.05, 4.69) is 13.8 Å². The van der Waals surface area contributed by atoms with Gasteiger partial charge in [-0.3, -0.25) is 0 Å². The van der Waals surface area contributed by atoms with E-state index in [0.717, 1.165) is 38.0 Å². The van der Waals surface area contributed by atoms with Crippen molar-refractivity contribution in [1.29, 1.82) is 0 Å². The molecule has 0 radical (unpaired) electrons. The van der Waals surface area contributed by atoms with E-state index < -0.39 is 5.60 Å². The van der Waals surface area contributed by atoms with Crippen molar-refractivity contribution in [2.24, 2.45) is 17.8 Å². The van der Waals surface area contributed by atoms with Gasteiger partial charge in [0.25, 0.3) is 0 Å². The lowest BCUT2D eigenvalue weighted by atomic mass is 9.65. The first-order valence-electron chi connectivity index (χ1n) is 8.47. The van der Waals surface area contributed by atoms with Crippen LogP contribution in [-0.2, 0) is 4.74 Å². The molecule has 0 aromatic rings. The second-order valence-corrected chi connectivity index (χ2v) is 8.83. The molecule has 3 fully saturated rings. The number of hydrogen-bond acceptors (Lipinski definition) is 3. The third-order valence-corrected chi connectivity index (χ3v) is 7.29. The zero-order valence-corrected chi connectivity index (χ0v) is 13.9. The Morgan fingerprint density at radius 1 is 1.20 bits per heavy atom. The van der Waals surface area contributed by atoms with E-state index in [1.54, 1.807) is 0 Å². The van der Waals surface area contributed by atoms with E-state index in [4.69, 9.17) is 4.74 Å². The summed E-state index contributed by atoms with van der Waals surface area (Å²) in [5.74, 6) is 4.27. The molecule has 0 aromatic heterocycles. The fraction of sp³-hybridized carbons (Fsp3) is 1.00. The van der Waals surface area contributed by atoms with Crippen molar-refractivity contribution in [1.82, 2.24) is 0 Å². The van der Waals surface area contributed by atoms with Crippen LogP contribution in [0.15, 0.2) is 0 Å². The van der Waals surface area contributed by atoms with E-state index in [-0.39, 0.29) is 5.60 Å². The van der Waals surface area contributed by atoms with Crippen molar-refractivity contribution in [2.75, 3.05) is 18.1 Å². The average Bonchev–Trinajstić information content (AvgIpc) is 2.87. The van der Waals surface area contributed by atoms with Gasteiger partial charge in [-0.2, -0.15) is 11.8 Å². The third kappa shape index (κ3) is 2.91. The van der Waals surface area contributed by atoms with Gasteiger partial charge in [0.2, 0.25) is 0 Å². The van der Waals surface area contributed by atoms with Gasteiger partial charge in [0.05, 0.1) is 11.2 Å². The topological polar surface area (TPSA) is 29.5 Å². The minimum Gasteiger partial charge on any atom is -0.390 e. The largest absolute Gasteiger partial charge is 0.390 e. The zero-order chi connectivity index (χ0) is 14.2. The van der Waals surface area contributed by atoms with Crippen LogP contribution < -0.4 is 0 Å². The summed E-state index contributed by atoms with van der Waals surface area (Å²) in [5.41, 5.74) is -0.300. The van der Waals surface area contributed by atoms with Gasteiger partial charge in [-0.1, -0.05) is 20.3 Å². The molecule has 0 aromatic carbocycles. The van der Waals surface area contributed by atoms with Gasteiger partial charge >= 0.3 is 0 Å². The monoisotopic (exact) mass is 298 g/mol. The maximum atomic E-state index is 11.3. The predicted molar refractivity (Wildman–Crippen MR) is 85.1 cm³/mol. The van der Waals surface area contributed by atoms with Crippen LogP contribution in [0.3, 0.4) is 0 Å². The van der Waals surface area contributed by atoms with Crippen LogP contribution in [0.2, 0.25) is 0 Å². The Balaban J connectivity index is 1.70. The van der Waals surface area contributed by atoms with Gasteiger partial charge < -0.3 is 9.84 Å². The summed E-state index contributed by atoms with van der Waals surface area (Å²) in [6, 6.07) is 0. The van der Waals surface area contributed by atoms with Crippen molar-refractivity contribution in [3.63, 3.8) is 0 Å². The van der Waals surface area contributed by atoms with Crippen LogP contribution in [0.4, 0.5) is 0 Å². The molecule has 4 atom stereocenters. The Morgan fingerprint density at radius 3 is 2.75 bits per heavy atom. The third-order valence-electron chi connectivity index (χ3n) is 6.06. The minimum absolute atomic E-state index is 0.105. The second kappa shape index (κ2) is 5.81. The molecule has 3 rings (SSSR count). The van der Waals surface area contributed by atoms with Crippen LogP contribution >= 0.6 is 11.8 Å². The molecule has 0 amide bonds. The van der Waals surface area contributed by atoms with Gasteiger partial charge in [-0.05, 0) is 62.0 Å². The standard InChI is InChI=1S/C17H30O2S/c1-13(2)14-4-3-6-17(18,10-14)15-5-8-19-16(11-15)7-9-20-12-16/h13-15,18H,3-12H2,1-2H3. The van der Waals surface area contributed by atoms with Gasteiger partial charge in [0.1, 0.15) is 0 Å². The molecular formula is C17H30O2S. The van der Waals surface area contributed by atoms with Gasteiger partial charge in [-0.15, -0.1) is 0 Å². The highest BCUT2D eigenvalue weighted by molar-refractivity contribution is 7.99. The number of hydrogen-bond donors (Lipinski definition) is 1. The fourth-order valence-corrected chi connectivity index (χ4v) is 6.00. The van der Waals surface area contributed by atoms with Crippen LogP contribution in [0.25, 0.3) is 0 Å². The highest BCUT2D eigenvalue weighted by Crippen LogP contribution is 2.48. The molecule has 20 heavy (non-hydrogen) atoms. The summed E-state index contributed by atoms with van der Waals surface area (Å²) in [5, 5.41) is 11.3. The van der Waals surface area contributed by atoms with Crippen molar-refractivity contribution in [2.45, 2.75) is 70.0 Å². The molecule has 3 heteroatoms. The summed E-state index contributed by atoms with van der Waals surface area (Å²) in [6.45, 7) is 5.49. The summed E-state index contributed by atoms with van der Waals surface area (Å²) in [4.78, 5) is 0. The van der Waals surface area contributed by atoms with Gasteiger partial charge in [0.15, 0.2) is 0 Å². The van der Waals surface area contributed by atoms with Gasteiger partial charge in [-0.25, -0.2) is 0 Å². The highest BCUT2D eigenvalue weighted by Gasteiger charge is 2.48. The Hall–Kier alpha value is 0.270. The number of thioether (sulfide) groups is 1. The maximum Gasteiger partial charge on any atom is 0.0784 e. The fourth-order valence-electron chi connectivity index (χ4n) is 4.62. The molecule has 1 saturated carbocycles. The molecule has 2 aliphatic heterocycles. The van der Waals surface area contributed by atoms with Crippen LogP contribution in [0.1, 0.15) is 58.8 Å². The predicted octanol–water partition coefficient (Wildman–Crippen LogP) is 3.87. The molecule has 1 N–H and O–H groups in total. The molecular weight excluding hydrogens is 268 g/mol. The molecule has 2 heterocycles. The first-order valence-corrected chi connectivity index (χ1v) is 9.63. The lowest BCUT2D eigenvalue weighted by Gasteiger charge is -2.48. The van der Waals surface area contributed by atoms with Crippen molar-refractivity contribution in [3.05, 3.63) is 0 Å². The second-order valence-electron chi connectivity index (χ2n) is 7.73. The molecule has 1 aliphatic carbocycles. The molecule has 0 bridgehead atoms. The van der Waals surface area contributed by atoms with Crippen LogP contribution in [0.5, 0.6) is 0 Å². The van der Waals surface area contributed by atoms with E-state index in [0.29, 0.717) is 17.8 Å². The lowest BCUT2D eigenvalue weighted by molar-refractivity contribution is -0.149. The number of ether oxygens (including phenoxy) is 1. The number of aliphatic hydroxyl groups is 1. The Labute approximate surface area is 128 Å². The van der Waals surface area contributed by atoms with E-state index in [9.17, 15) is 5.11 Å². The smallest absolute Gasteiger partial charge is 0.0784 e. The summed E-state index contributed by atoms with van der Waals surface area (Å²) >= 11 is 2.03. The quantitative estimate of drug-likeness (QED) is 0.839. The van der Waals surface area contributed by atoms with Crippen molar-refractivity contribution >= 4 is 11.8 Å². The van der Waals surface area contributed by atoms with Crippen molar-refractivity contribution < 1.29 is 9.84 Å². The van der Waals surface area contributed by atoms with E-state index in [1.165, 1.54) is 25.0 Å². The average molecular weight is 298 g/mol. The summed E-state index contributed by atoms with van der Waals surface area (Å²) in [6.07, 6.45) is 7.91. The summed E-state index contributed by atoms with van der Waals surface area (Å²) in [7, 11) is 0. The van der Waals surface area contributed by atoms with Crippen LogP contribution in [0, 0.1) is 17.8 Å². The number of rotatable bonds is 2. The molecule has 2 nitrogen and oxygen atoms in total. The molecule has 116 valence electrons. The molecule has 1 spiro atoms. The molecule has 3 aliphatic rings. The van der Waals surface area contributed by atoms with Crippen LogP contribution in [-0.4, -0.2) is 34.4 Å². The lowest BCUT2D eigenvalue weighted by Crippen LogP contribution is -2.51. The normalized spacial score (nSPS) is 46.2. The SMILES string of the molecule is CC(C)C1CCCC(O)(C2CCOC3(CCSC3)C2)C1. The van der Waals surface area contributed by atoms with E-state index >= 15 is 0 Å². The zero-order valence-electron chi connectivity index (χ0n) is 13.1. The van der Waals surface area contributed by atoms with Gasteiger partial charge in [0, 0.05) is 12.4 Å². The molecule has 2 saturated heterocycles. The summed E-state index contributed by atoms with van der Waals surface area (Å²) < 4.78 is 6.13. The minimum atomic E-state index is -0.406. The highest BCUT2D eigenvalue weighted by atomic mass is 32.2. The van der Waals surface area contributed by atoms with Crippen molar-refractivity contribution in [3.8, 4) is 0 Å². The van der Waals surface area contributed by atoms with E-state index in [1.807, 2.05) is 11.8 Å². The first kappa shape index (κ1) is 15.2. The molecule has 4 unspecified atom stereocenters.